The molecule has 0 aliphatic carbocycles. The van der Waals surface area contributed by atoms with Gasteiger partial charge in [0.1, 0.15) is 0 Å². The smallest absolute Gasteiger partial charge is 0.159 e. The van der Waals surface area contributed by atoms with E-state index in [4.69, 9.17) is 0 Å². The fraction of sp³-hybridized carbons (Fsp3) is 0.300. The Morgan fingerprint density at radius 1 is 1.18 bits per heavy atom. The lowest BCUT2D eigenvalue weighted by Gasteiger charge is -1.93. The van der Waals surface area contributed by atoms with E-state index in [1.54, 1.807) is 6.92 Å². The van der Waals surface area contributed by atoms with E-state index in [2.05, 4.69) is 0 Å². The number of carbonyl (C=O) groups is 1. The summed E-state index contributed by atoms with van der Waals surface area (Å²) in [7, 11) is 0. The highest BCUT2D eigenvalue weighted by Gasteiger charge is 1.95. The van der Waals surface area contributed by atoms with Crippen LogP contribution in [-0.4, -0.2) is 5.78 Å². The Balaban J connectivity index is 0.000001000. The van der Waals surface area contributed by atoms with E-state index in [0.717, 1.165) is 5.56 Å². The monoisotopic (exact) mass is 150 g/mol. The Morgan fingerprint density at radius 3 is 2.00 bits per heavy atom. The summed E-state index contributed by atoms with van der Waals surface area (Å²) in [4.78, 5) is 10.8. The van der Waals surface area contributed by atoms with Crippen molar-refractivity contribution in [2.75, 3.05) is 0 Å². The molecule has 0 N–H and O–H groups in total. The molecule has 0 aliphatic heterocycles. The minimum Gasteiger partial charge on any atom is -0.295 e. The van der Waals surface area contributed by atoms with Gasteiger partial charge in [-0.3, -0.25) is 4.79 Å². The summed E-state index contributed by atoms with van der Waals surface area (Å²) in [6, 6.07) is 7.57. The second-order valence-corrected chi connectivity index (χ2v) is 2.42. The van der Waals surface area contributed by atoms with Gasteiger partial charge in [-0.2, -0.15) is 0 Å². The quantitative estimate of drug-likeness (QED) is 0.562. The summed E-state index contributed by atoms with van der Waals surface area (Å²) >= 11 is 0. The summed E-state index contributed by atoms with van der Waals surface area (Å²) in [5, 5.41) is 0. The van der Waals surface area contributed by atoms with E-state index in [9.17, 15) is 4.79 Å². The van der Waals surface area contributed by atoms with Crippen LogP contribution >= 0.6 is 0 Å². The van der Waals surface area contributed by atoms with Crippen molar-refractivity contribution in [3.8, 4) is 0 Å². The Morgan fingerprint density at radius 2 is 1.64 bits per heavy atom. The maximum Gasteiger partial charge on any atom is 0.159 e. The van der Waals surface area contributed by atoms with Crippen molar-refractivity contribution in [1.82, 2.24) is 0 Å². The highest BCUT2D eigenvalue weighted by Crippen LogP contribution is 2.02. The maximum absolute atomic E-state index is 10.8. The molecule has 1 aromatic carbocycles. The molecule has 1 rings (SSSR count). The molecule has 0 unspecified atom stereocenters. The fourth-order valence-electron chi connectivity index (χ4n) is 0.788. The van der Waals surface area contributed by atoms with Crippen LogP contribution in [0.25, 0.3) is 0 Å². The molecule has 0 spiro atoms. The molecule has 11 heavy (non-hydrogen) atoms. The van der Waals surface area contributed by atoms with Crippen molar-refractivity contribution in [2.24, 2.45) is 0 Å². The van der Waals surface area contributed by atoms with Crippen LogP contribution < -0.4 is 0 Å². The molecule has 0 saturated carbocycles. The molecule has 0 amide bonds. The molecule has 1 aromatic rings. The van der Waals surface area contributed by atoms with Crippen molar-refractivity contribution in [2.45, 2.75) is 21.3 Å². The average molecular weight is 150 g/mol. The minimum absolute atomic E-state index is 0. The molecule has 0 aromatic heterocycles. The predicted octanol–water partition coefficient (Wildman–Crippen LogP) is 2.83. The molecule has 0 heterocycles. The van der Waals surface area contributed by atoms with Gasteiger partial charge in [0, 0.05) is 5.56 Å². The number of hydrogen-bond donors (Lipinski definition) is 0. The topological polar surface area (TPSA) is 17.1 Å². The molecule has 1 heteroatoms. The first kappa shape index (κ1) is 9.89. The second-order valence-electron chi connectivity index (χ2n) is 2.42. The standard InChI is InChI=1S/C9H10O.CH4/c1-7-3-5-9(6-4-7)8(2)10;/h3-6H,1-2H3;1H4. The summed E-state index contributed by atoms with van der Waals surface area (Å²) < 4.78 is 0. The van der Waals surface area contributed by atoms with Crippen molar-refractivity contribution >= 4 is 5.78 Å². The van der Waals surface area contributed by atoms with E-state index in [0.29, 0.717) is 0 Å². The van der Waals surface area contributed by atoms with Gasteiger partial charge in [-0.15, -0.1) is 0 Å². The van der Waals surface area contributed by atoms with Crippen molar-refractivity contribution < 1.29 is 4.79 Å². The van der Waals surface area contributed by atoms with Crippen LogP contribution in [0.15, 0.2) is 24.3 Å². The third-order valence-electron chi connectivity index (χ3n) is 1.46. The van der Waals surface area contributed by atoms with Crippen LogP contribution in [0.4, 0.5) is 0 Å². The van der Waals surface area contributed by atoms with Crippen LogP contribution in [-0.2, 0) is 0 Å². The number of carbonyl (C=O) groups excluding carboxylic acids is 1. The van der Waals surface area contributed by atoms with E-state index in [-0.39, 0.29) is 13.2 Å². The second kappa shape index (κ2) is 3.91. The lowest BCUT2D eigenvalue weighted by atomic mass is 10.1. The van der Waals surface area contributed by atoms with Gasteiger partial charge in [-0.05, 0) is 13.8 Å². The SMILES string of the molecule is C.CC(=O)c1ccc(C)cc1. The molecule has 0 aliphatic rings. The van der Waals surface area contributed by atoms with Crippen molar-refractivity contribution in [3.05, 3.63) is 35.4 Å². The van der Waals surface area contributed by atoms with Gasteiger partial charge in [-0.1, -0.05) is 37.3 Å². The van der Waals surface area contributed by atoms with Crippen LogP contribution in [0.2, 0.25) is 0 Å². The molecule has 0 radical (unpaired) electrons. The van der Waals surface area contributed by atoms with Crippen LogP contribution in [0, 0.1) is 6.92 Å². The van der Waals surface area contributed by atoms with E-state index in [1.165, 1.54) is 5.56 Å². The zero-order valence-electron chi connectivity index (χ0n) is 6.22. The molecule has 1 nitrogen and oxygen atoms in total. The van der Waals surface area contributed by atoms with Gasteiger partial charge in [0.25, 0.3) is 0 Å². The predicted molar refractivity (Wildman–Crippen MR) is 47.9 cm³/mol. The molecule has 0 bridgehead atoms. The molecular formula is C10H14O. The zero-order valence-corrected chi connectivity index (χ0v) is 6.22. The Bertz CT molecular complexity index is 234. The number of Topliss-reactive ketones (excluding diaryl/α,β-unsaturated/α-hetero) is 1. The Hall–Kier alpha value is -1.11. The van der Waals surface area contributed by atoms with E-state index in [1.807, 2.05) is 31.2 Å². The largest absolute Gasteiger partial charge is 0.295 e. The van der Waals surface area contributed by atoms with Crippen molar-refractivity contribution in [3.63, 3.8) is 0 Å². The van der Waals surface area contributed by atoms with Crippen molar-refractivity contribution in [1.29, 1.82) is 0 Å². The first-order valence-corrected chi connectivity index (χ1v) is 3.28. The van der Waals surface area contributed by atoms with Gasteiger partial charge in [0.15, 0.2) is 5.78 Å². The number of ketones is 1. The highest BCUT2D eigenvalue weighted by atomic mass is 16.1. The average Bonchev–Trinajstić information content (AvgIpc) is 1.88. The molecule has 60 valence electrons. The zero-order chi connectivity index (χ0) is 7.56. The molecule has 0 atom stereocenters. The molecular weight excluding hydrogens is 136 g/mol. The Labute approximate surface area is 68.1 Å². The third kappa shape index (κ3) is 2.54. The first-order chi connectivity index (χ1) is 4.70. The normalized spacial score (nSPS) is 8.55. The first-order valence-electron chi connectivity index (χ1n) is 3.28. The molecule has 0 saturated heterocycles. The maximum atomic E-state index is 10.8. The summed E-state index contributed by atoms with van der Waals surface area (Å²) in [6.07, 6.45) is 0. The minimum atomic E-state index is 0. The van der Waals surface area contributed by atoms with Crippen LogP contribution in [0.5, 0.6) is 0 Å². The number of hydrogen-bond acceptors (Lipinski definition) is 1. The number of aryl methyl sites for hydroxylation is 1. The van der Waals surface area contributed by atoms with E-state index < -0.39 is 0 Å². The highest BCUT2D eigenvalue weighted by molar-refractivity contribution is 5.93. The van der Waals surface area contributed by atoms with Gasteiger partial charge in [0.05, 0.1) is 0 Å². The number of benzene rings is 1. The molecule has 0 fully saturated rings. The van der Waals surface area contributed by atoms with Crippen LogP contribution in [0.3, 0.4) is 0 Å². The van der Waals surface area contributed by atoms with Gasteiger partial charge in [0.2, 0.25) is 0 Å². The number of rotatable bonds is 1. The van der Waals surface area contributed by atoms with Crippen LogP contribution in [0.1, 0.15) is 30.3 Å². The summed E-state index contributed by atoms with van der Waals surface area (Å²) in [5.41, 5.74) is 1.97. The summed E-state index contributed by atoms with van der Waals surface area (Å²) in [5.74, 6) is 0.125. The van der Waals surface area contributed by atoms with Gasteiger partial charge < -0.3 is 0 Å². The fourth-order valence-corrected chi connectivity index (χ4v) is 0.788. The lowest BCUT2D eigenvalue weighted by Crippen LogP contribution is -1.90. The lowest BCUT2D eigenvalue weighted by molar-refractivity contribution is 0.101. The third-order valence-corrected chi connectivity index (χ3v) is 1.46. The van der Waals surface area contributed by atoms with Gasteiger partial charge >= 0.3 is 0 Å². The summed E-state index contributed by atoms with van der Waals surface area (Å²) in [6.45, 7) is 3.58. The van der Waals surface area contributed by atoms with Gasteiger partial charge in [-0.25, -0.2) is 0 Å². The van der Waals surface area contributed by atoms with E-state index >= 15 is 0 Å². The Kier molecular flexibility index (Phi) is 3.52.